The van der Waals surface area contributed by atoms with E-state index >= 15 is 0 Å². The molecule has 0 saturated carbocycles. The molecular formula is C29H30ClNO7S. The topological polar surface area (TPSA) is 139 Å². The maximum Gasteiger partial charge on any atom is 0.285 e. The molecular weight excluding hydrogens is 542 g/mol. The van der Waals surface area contributed by atoms with Crippen LogP contribution in [-0.2, 0) is 20.7 Å². The van der Waals surface area contributed by atoms with E-state index in [9.17, 15) is 24.9 Å². The molecule has 1 heterocycles. The van der Waals surface area contributed by atoms with Gasteiger partial charge >= 0.3 is 0 Å². The van der Waals surface area contributed by atoms with Gasteiger partial charge in [0.2, 0.25) is 5.78 Å². The second kappa shape index (κ2) is 13.0. The number of aliphatic hydroxyl groups excluding tert-OH is 3. The number of rotatable bonds is 10. The van der Waals surface area contributed by atoms with Gasteiger partial charge in [0, 0.05) is 27.7 Å². The Balaban J connectivity index is 1.48. The summed E-state index contributed by atoms with van der Waals surface area (Å²) in [5.74, 6) is -0.605. The lowest BCUT2D eigenvalue weighted by Gasteiger charge is -2.41. The fraction of sp³-hybridized carbons (Fsp3) is 0.310. The SMILES string of the molecule is CCOc1ccc(-c2cc(C3OC(CSc4ccc(CC(=O)C(N)=O)cc4)C(O)C(O)C3O)ccc2Cl)cc1. The van der Waals surface area contributed by atoms with Crippen LogP contribution in [0.15, 0.2) is 71.6 Å². The van der Waals surface area contributed by atoms with E-state index in [1.54, 1.807) is 36.4 Å². The lowest BCUT2D eigenvalue weighted by atomic mass is 9.90. The van der Waals surface area contributed by atoms with E-state index in [4.69, 9.17) is 26.8 Å². The number of benzene rings is 3. The number of ketones is 1. The molecule has 5 N–H and O–H groups in total. The van der Waals surface area contributed by atoms with Crippen LogP contribution in [0.5, 0.6) is 5.75 Å². The number of primary amides is 1. The third-order valence-corrected chi connectivity index (χ3v) is 7.92. The number of halogens is 1. The predicted molar refractivity (Wildman–Crippen MR) is 149 cm³/mol. The molecule has 5 unspecified atom stereocenters. The normalized spacial score (nSPS) is 22.8. The molecule has 39 heavy (non-hydrogen) atoms. The molecule has 0 aromatic heterocycles. The average molecular weight is 572 g/mol. The number of carbonyl (C=O) groups excluding carboxylic acids is 2. The smallest absolute Gasteiger partial charge is 0.285 e. The van der Waals surface area contributed by atoms with Gasteiger partial charge in [-0.05, 0) is 60.0 Å². The summed E-state index contributed by atoms with van der Waals surface area (Å²) in [6.07, 6.45) is -5.81. The minimum absolute atomic E-state index is 0.0732. The van der Waals surface area contributed by atoms with Crippen molar-refractivity contribution in [2.45, 2.75) is 48.8 Å². The number of amides is 1. The maximum absolute atomic E-state index is 11.5. The summed E-state index contributed by atoms with van der Waals surface area (Å²) < 4.78 is 11.6. The van der Waals surface area contributed by atoms with Crippen LogP contribution in [0.3, 0.4) is 0 Å². The van der Waals surface area contributed by atoms with Gasteiger partial charge in [0.15, 0.2) is 0 Å². The largest absolute Gasteiger partial charge is 0.494 e. The van der Waals surface area contributed by atoms with Crippen LogP contribution < -0.4 is 10.5 Å². The molecule has 1 aliphatic rings. The molecule has 10 heteroatoms. The number of Topliss-reactive ketones (excluding diaryl/α,β-unsaturated/α-hetero) is 1. The summed E-state index contributed by atoms with van der Waals surface area (Å²) >= 11 is 7.88. The van der Waals surface area contributed by atoms with Gasteiger partial charge in [-0.15, -0.1) is 11.8 Å². The van der Waals surface area contributed by atoms with E-state index < -0.39 is 42.2 Å². The molecule has 5 atom stereocenters. The molecule has 8 nitrogen and oxygen atoms in total. The summed E-state index contributed by atoms with van der Waals surface area (Å²) in [6, 6.07) is 19.8. The number of hydrogen-bond acceptors (Lipinski definition) is 8. The highest BCUT2D eigenvalue weighted by Crippen LogP contribution is 2.38. The van der Waals surface area contributed by atoms with Gasteiger partial charge in [0.05, 0.1) is 12.7 Å². The number of hydrogen-bond donors (Lipinski definition) is 4. The van der Waals surface area contributed by atoms with Gasteiger partial charge in [-0.25, -0.2) is 0 Å². The monoisotopic (exact) mass is 571 g/mol. The molecule has 0 aliphatic carbocycles. The Morgan fingerprint density at radius 1 is 0.974 bits per heavy atom. The van der Waals surface area contributed by atoms with Crippen LogP contribution in [0.1, 0.15) is 24.2 Å². The van der Waals surface area contributed by atoms with E-state index in [1.165, 1.54) is 11.8 Å². The Morgan fingerprint density at radius 3 is 2.31 bits per heavy atom. The molecule has 0 bridgehead atoms. The van der Waals surface area contributed by atoms with Gasteiger partial charge in [0.1, 0.15) is 30.2 Å². The Bertz CT molecular complexity index is 1300. The molecule has 1 fully saturated rings. The Morgan fingerprint density at radius 2 is 1.67 bits per heavy atom. The highest BCUT2D eigenvalue weighted by atomic mass is 35.5. The molecule has 0 radical (unpaired) electrons. The second-order valence-corrected chi connectivity index (χ2v) is 10.7. The fourth-order valence-corrected chi connectivity index (χ4v) is 5.54. The van der Waals surface area contributed by atoms with E-state index in [0.29, 0.717) is 28.5 Å². The van der Waals surface area contributed by atoms with Gasteiger partial charge in [-0.1, -0.05) is 41.9 Å². The lowest BCUT2D eigenvalue weighted by Crippen LogP contribution is -2.54. The van der Waals surface area contributed by atoms with Crippen LogP contribution in [-0.4, -0.2) is 63.8 Å². The van der Waals surface area contributed by atoms with Crippen LogP contribution in [0, 0.1) is 0 Å². The summed E-state index contributed by atoms with van der Waals surface area (Å²) in [6.45, 7) is 2.47. The zero-order valence-electron chi connectivity index (χ0n) is 21.2. The van der Waals surface area contributed by atoms with Crippen molar-refractivity contribution in [3.05, 3.63) is 82.9 Å². The van der Waals surface area contributed by atoms with Crippen molar-refractivity contribution in [1.29, 1.82) is 0 Å². The molecule has 206 valence electrons. The third kappa shape index (κ3) is 7.00. The van der Waals surface area contributed by atoms with Crippen molar-refractivity contribution in [2.24, 2.45) is 5.73 Å². The van der Waals surface area contributed by atoms with Crippen LogP contribution in [0.4, 0.5) is 0 Å². The highest BCUT2D eigenvalue weighted by Gasteiger charge is 2.44. The van der Waals surface area contributed by atoms with Crippen LogP contribution >= 0.6 is 23.4 Å². The van der Waals surface area contributed by atoms with Crippen molar-refractivity contribution in [3.8, 4) is 16.9 Å². The predicted octanol–water partition coefficient (Wildman–Crippen LogP) is 3.32. The molecule has 1 aliphatic heterocycles. The van der Waals surface area contributed by atoms with Crippen molar-refractivity contribution in [3.63, 3.8) is 0 Å². The molecule has 1 amide bonds. The Kier molecular flexibility index (Phi) is 9.66. The number of nitrogens with two attached hydrogens (primary N) is 1. The van der Waals surface area contributed by atoms with Crippen molar-refractivity contribution >= 4 is 35.1 Å². The van der Waals surface area contributed by atoms with Crippen molar-refractivity contribution in [1.82, 2.24) is 0 Å². The molecule has 0 spiro atoms. The number of aliphatic hydroxyl groups is 3. The Hall–Kier alpha value is -2.92. The van der Waals surface area contributed by atoms with Gasteiger partial charge in [-0.2, -0.15) is 0 Å². The lowest BCUT2D eigenvalue weighted by molar-refractivity contribution is -0.218. The van der Waals surface area contributed by atoms with Gasteiger partial charge in [0.25, 0.3) is 5.91 Å². The molecule has 4 rings (SSSR count). The minimum Gasteiger partial charge on any atom is -0.494 e. The summed E-state index contributed by atoms with van der Waals surface area (Å²) in [5.41, 5.74) is 7.86. The zero-order valence-corrected chi connectivity index (χ0v) is 22.8. The first-order valence-corrected chi connectivity index (χ1v) is 13.8. The first kappa shape index (κ1) is 29.1. The first-order chi connectivity index (χ1) is 18.7. The van der Waals surface area contributed by atoms with Crippen molar-refractivity contribution in [2.75, 3.05) is 12.4 Å². The summed E-state index contributed by atoms with van der Waals surface area (Å²) in [7, 11) is 0. The van der Waals surface area contributed by atoms with E-state index in [-0.39, 0.29) is 6.42 Å². The van der Waals surface area contributed by atoms with E-state index in [1.807, 2.05) is 37.3 Å². The van der Waals surface area contributed by atoms with Crippen LogP contribution in [0.25, 0.3) is 11.1 Å². The molecule has 3 aromatic carbocycles. The fourth-order valence-electron chi connectivity index (χ4n) is 4.36. The number of ether oxygens (including phenoxy) is 2. The standard InChI is InChI=1S/C29H30ClNO7S/c1-2-37-19-8-5-17(6-9-19)21-14-18(7-12-22(21)30)28-27(35)26(34)25(33)24(38-28)15-39-20-10-3-16(4-11-20)13-23(32)29(31)36/h3-12,14,24-28,33-35H,2,13,15H2,1H3,(H2,31,36). The quantitative estimate of drug-likeness (QED) is 0.215. The van der Waals surface area contributed by atoms with Crippen molar-refractivity contribution < 1.29 is 34.4 Å². The average Bonchev–Trinajstić information content (AvgIpc) is 2.93. The molecule has 1 saturated heterocycles. The highest BCUT2D eigenvalue weighted by molar-refractivity contribution is 7.99. The minimum atomic E-state index is -1.42. The third-order valence-electron chi connectivity index (χ3n) is 6.48. The van der Waals surface area contributed by atoms with Gasteiger partial charge in [-0.3, -0.25) is 9.59 Å². The summed E-state index contributed by atoms with van der Waals surface area (Å²) in [4.78, 5) is 23.4. The number of carbonyl (C=O) groups is 2. The van der Waals surface area contributed by atoms with E-state index in [2.05, 4.69) is 0 Å². The first-order valence-electron chi connectivity index (χ1n) is 12.4. The maximum atomic E-state index is 11.5. The molecule has 3 aromatic rings. The van der Waals surface area contributed by atoms with Crippen LogP contribution in [0.2, 0.25) is 5.02 Å². The Labute approximate surface area is 235 Å². The van der Waals surface area contributed by atoms with Gasteiger partial charge < -0.3 is 30.5 Å². The summed E-state index contributed by atoms with van der Waals surface area (Å²) in [5, 5.41) is 32.6. The second-order valence-electron chi connectivity index (χ2n) is 9.18. The van der Waals surface area contributed by atoms with E-state index in [0.717, 1.165) is 21.8 Å². The number of thioether (sulfide) groups is 1. The zero-order chi connectivity index (χ0) is 28.1.